The van der Waals surface area contributed by atoms with Crippen molar-refractivity contribution in [3.05, 3.63) is 64.7 Å². The molecular weight excluding hydrogens is 410 g/mol. The predicted molar refractivity (Wildman–Crippen MR) is 105 cm³/mol. The van der Waals surface area contributed by atoms with Crippen LogP contribution < -0.4 is 10.2 Å². The standard InChI is InChI=1S/C19H16BrN5O2/c1-12(26)24-7-6-13-8-14(2-4-17(13)24)19(27)23-16-9-15(20)3-5-18(16)25-11-21-10-22-25/h2-5,8-11H,6-7H2,1H3,(H,23,27). The molecule has 0 radical (unpaired) electrons. The van der Waals surface area contributed by atoms with Crippen molar-refractivity contribution in [3.63, 3.8) is 0 Å². The number of fused-ring (bicyclic) bond motifs is 1. The second kappa shape index (κ2) is 6.96. The highest BCUT2D eigenvalue weighted by Crippen LogP contribution is 2.30. The van der Waals surface area contributed by atoms with Crippen LogP contribution in [-0.2, 0) is 11.2 Å². The minimum atomic E-state index is -0.224. The molecule has 0 aliphatic carbocycles. The number of halogens is 1. The fraction of sp³-hybridized carbons (Fsp3) is 0.158. The number of hydrogen-bond donors (Lipinski definition) is 1. The quantitative estimate of drug-likeness (QED) is 0.698. The monoisotopic (exact) mass is 425 g/mol. The van der Waals surface area contributed by atoms with E-state index in [0.717, 1.165) is 22.1 Å². The van der Waals surface area contributed by atoms with E-state index in [1.165, 1.54) is 6.33 Å². The van der Waals surface area contributed by atoms with Gasteiger partial charge in [-0.2, -0.15) is 5.10 Å². The lowest BCUT2D eigenvalue weighted by Crippen LogP contribution is -2.25. The molecule has 2 amide bonds. The zero-order valence-electron chi connectivity index (χ0n) is 14.5. The Balaban J connectivity index is 1.62. The lowest BCUT2D eigenvalue weighted by Gasteiger charge is -2.15. The van der Waals surface area contributed by atoms with E-state index in [1.807, 2.05) is 30.3 Å². The molecule has 0 fully saturated rings. The van der Waals surface area contributed by atoms with Crippen LogP contribution in [-0.4, -0.2) is 33.1 Å². The Morgan fingerprint density at radius 2 is 1.96 bits per heavy atom. The molecule has 8 heteroatoms. The van der Waals surface area contributed by atoms with Gasteiger partial charge in [0.1, 0.15) is 12.7 Å². The molecule has 0 bridgehead atoms. The Bertz CT molecular complexity index is 1030. The normalized spacial score (nSPS) is 12.7. The SMILES string of the molecule is CC(=O)N1CCc2cc(C(=O)Nc3cc(Br)ccc3-n3cncn3)ccc21. The highest BCUT2D eigenvalue weighted by Gasteiger charge is 2.23. The Hall–Kier alpha value is -3.00. The molecule has 2 heterocycles. The maximum Gasteiger partial charge on any atom is 0.255 e. The summed E-state index contributed by atoms with van der Waals surface area (Å²) in [6, 6.07) is 11.0. The zero-order chi connectivity index (χ0) is 19.0. The van der Waals surface area contributed by atoms with Crippen LogP contribution in [0.1, 0.15) is 22.8 Å². The smallest absolute Gasteiger partial charge is 0.255 e. The number of aromatic nitrogens is 3. The van der Waals surface area contributed by atoms with Crippen LogP contribution in [0, 0.1) is 0 Å². The summed E-state index contributed by atoms with van der Waals surface area (Å²) in [6.45, 7) is 2.20. The van der Waals surface area contributed by atoms with Crippen LogP contribution in [0.25, 0.3) is 5.69 Å². The van der Waals surface area contributed by atoms with Crippen molar-refractivity contribution in [2.24, 2.45) is 0 Å². The third-order valence-corrected chi connectivity index (χ3v) is 4.98. The van der Waals surface area contributed by atoms with Gasteiger partial charge in [0.25, 0.3) is 5.91 Å². The number of anilines is 2. The lowest BCUT2D eigenvalue weighted by atomic mass is 10.1. The molecule has 1 aromatic heterocycles. The Labute approximate surface area is 164 Å². The molecule has 1 aliphatic rings. The van der Waals surface area contributed by atoms with Gasteiger partial charge in [-0.25, -0.2) is 9.67 Å². The summed E-state index contributed by atoms with van der Waals surface area (Å²) < 4.78 is 2.43. The van der Waals surface area contributed by atoms with Crippen molar-refractivity contribution >= 4 is 39.1 Å². The summed E-state index contributed by atoms with van der Waals surface area (Å²) in [5.41, 5.74) is 3.76. The van der Waals surface area contributed by atoms with Crippen LogP contribution in [0.3, 0.4) is 0 Å². The number of rotatable bonds is 3. The van der Waals surface area contributed by atoms with Gasteiger partial charge in [-0.1, -0.05) is 15.9 Å². The Morgan fingerprint density at radius 3 is 2.70 bits per heavy atom. The summed E-state index contributed by atoms with van der Waals surface area (Å²) in [7, 11) is 0. The van der Waals surface area contributed by atoms with E-state index < -0.39 is 0 Å². The van der Waals surface area contributed by atoms with Gasteiger partial charge in [0.15, 0.2) is 0 Å². The van der Waals surface area contributed by atoms with E-state index in [0.29, 0.717) is 23.5 Å². The Kier molecular flexibility index (Phi) is 4.49. The number of nitrogens with zero attached hydrogens (tertiary/aromatic N) is 4. The molecular formula is C19H16BrN5O2. The van der Waals surface area contributed by atoms with Gasteiger partial charge in [-0.3, -0.25) is 9.59 Å². The summed E-state index contributed by atoms with van der Waals surface area (Å²) >= 11 is 3.43. The maximum atomic E-state index is 12.8. The first-order valence-corrected chi connectivity index (χ1v) is 9.19. The fourth-order valence-corrected chi connectivity index (χ4v) is 3.57. The largest absolute Gasteiger partial charge is 0.320 e. The summed E-state index contributed by atoms with van der Waals surface area (Å²) in [4.78, 5) is 30.2. The van der Waals surface area contributed by atoms with Crippen molar-refractivity contribution in [2.75, 3.05) is 16.8 Å². The van der Waals surface area contributed by atoms with Gasteiger partial charge < -0.3 is 10.2 Å². The number of benzene rings is 2. The molecule has 0 spiro atoms. The first-order valence-electron chi connectivity index (χ1n) is 8.40. The first-order chi connectivity index (χ1) is 13.0. The van der Waals surface area contributed by atoms with Crippen LogP contribution >= 0.6 is 15.9 Å². The van der Waals surface area contributed by atoms with Crippen molar-refractivity contribution in [1.82, 2.24) is 14.8 Å². The van der Waals surface area contributed by atoms with Gasteiger partial charge in [0, 0.05) is 29.2 Å². The minimum Gasteiger partial charge on any atom is -0.320 e. The van der Waals surface area contributed by atoms with Crippen molar-refractivity contribution < 1.29 is 9.59 Å². The predicted octanol–water partition coefficient (Wildman–Crippen LogP) is 3.19. The van der Waals surface area contributed by atoms with Gasteiger partial charge in [0.05, 0.1) is 11.4 Å². The number of carbonyl (C=O) groups is 2. The molecule has 4 rings (SSSR count). The highest BCUT2D eigenvalue weighted by atomic mass is 79.9. The van der Waals surface area contributed by atoms with Crippen molar-refractivity contribution in [1.29, 1.82) is 0 Å². The number of hydrogen-bond acceptors (Lipinski definition) is 4. The molecule has 1 N–H and O–H groups in total. The average molecular weight is 426 g/mol. The Morgan fingerprint density at radius 1 is 1.15 bits per heavy atom. The molecule has 136 valence electrons. The minimum absolute atomic E-state index is 0.0116. The van der Waals surface area contributed by atoms with Crippen molar-refractivity contribution in [2.45, 2.75) is 13.3 Å². The number of carbonyl (C=O) groups excluding carboxylic acids is 2. The second-order valence-electron chi connectivity index (χ2n) is 6.22. The van der Waals surface area contributed by atoms with Gasteiger partial charge in [-0.05, 0) is 48.4 Å². The van der Waals surface area contributed by atoms with Crippen LogP contribution in [0.15, 0.2) is 53.5 Å². The fourth-order valence-electron chi connectivity index (χ4n) is 3.21. The molecule has 3 aromatic rings. The summed E-state index contributed by atoms with van der Waals surface area (Å²) in [5.74, 6) is -0.212. The molecule has 2 aromatic carbocycles. The molecule has 0 unspecified atom stereocenters. The molecule has 27 heavy (non-hydrogen) atoms. The van der Waals surface area contributed by atoms with E-state index in [2.05, 4.69) is 31.3 Å². The molecule has 0 atom stereocenters. The van der Waals surface area contributed by atoms with E-state index in [9.17, 15) is 9.59 Å². The van der Waals surface area contributed by atoms with E-state index in [-0.39, 0.29) is 11.8 Å². The summed E-state index contributed by atoms with van der Waals surface area (Å²) in [6.07, 6.45) is 3.76. The molecule has 1 aliphatic heterocycles. The molecule has 7 nitrogen and oxygen atoms in total. The van der Waals surface area contributed by atoms with Crippen molar-refractivity contribution in [3.8, 4) is 5.69 Å². The number of nitrogens with one attached hydrogen (secondary N) is 1. The van der Waals surface area contributed by atoms with Crippen LogP contribution in [0.2, 0.25) is 0 Å². The summed E-state index contributed by atoms with van der Waals surface area (Å²) in [5, 5.41) is 7.07. The first kappa shape index (κ1) is 17.4. The van der Waals surface area contributed by atoms with E-state index in [4.69, 9.17) is 0 Å². The van der Waals surface area contributed by atoms with Gasteiger partial charge in [-0.15, -0.1) is 0 Å². The molecule has 0 saturated carbocycles. The topological polar surface area (TPSA) is 80.1 Å². The number of amides is 2. The third kappa shape index (κ3) is 3.35. The highest BCUT2D eigenvalue weighted by molar-refractivity contribution is 9.10. The van der Waals surface area contributed by atoms with Crippen LogP contribution in [0.4, 0.5) is 11.4 Å². The molecule has 0 saturated heterocycles. The van der Waals surface area contributed by atoms with E-state index in [1.54, 1.807) is 28.9 Å². The average Bonchev–Trinajstić information content (AvgIpc) is 3.31. The van der Waals surface area contributed by atoms with Gasteiger partial charge in [0.2, 0.25) is 5.91 Å². The third-order valence-electron chi connectivity index (χ3n) is 4.49. The maximum absolute atomic E-state index is 12.8. The zero-order valence-corrected chi connectivity index (χ0v) is 16.1. The van der Waals surface area contributed by atoms with Crippen LogP contribution in [0.5, 0.6) is 0 Å². The van der Waals surface area contributed by atoms with E-state index >= 15 is 0 Å². The van der Waals surface area contributed by atoms with Gasteiger partial charge >= 0.3 is 0 Å². The second-order valence-corrected chi connectivity index (χ2v) is 7.14. The lowest BCUT2D eigenvalue weighted by molar-refractivity contribution is -0.116.